The number of fused-ring (bicyclic) bond motifs is 3. The van der Waals surface area contributed by atoms with E-state index in [4.69, 9.17) is 0 Å². The van der Waals surface area contributed by atoms with Crippen molar-refractivity contribution in [1.29, 1.82) is 0 Å². The molecule has 3 aliphatic rings. The number of hydrogen-bond acceptors (Lipinski definition) is 11. The molecule has 4 rings (SSSR count). The largest absolute Gasteiger partial charge is 0.508 e. The Balaban J connectivity index is 2.13. The Kier molecular flexibility index (Phi) is 6.05. The molecule has 1 aromatic carbocycles. The zero-order valence-electron chi connectivity index (χ0n) is 21.9. The van der Waals surface area contributed by atoms with Gasteiger partial charge in [-0.15, -0.1) is 5.92 Å². The third kappa shape index (κ3) is 3.21. The number of ketones is 3. The molecule has 1 aromatic rings. The Labute approximate surface area is 218 Å². The first-order valence-electron chi connectivity index (χ1n) is 11.8. The van der Waals surface area contributed by atoms with Crippen molar-refractivity contribution in [3.8, 4) is 17.6 Å². The Hall–Kier alpha value is -3.69. The number of rotatable bonds is 3. The van der Waals surface area contributed by atoms with Gasteiger partial charge in [-0.2, -0.15) is 0 Å². The highest BCUT2D eigenvalue weighted by Crippen LogP contribution is 2.57. The van der Waals surface area contributed by atoms with E-state index in [0.717, 1.165) is 6.92 Å². The molecule has 202 valence electrons. The lowest BCUT2D eigenvalue weighted by Gasteiger charge is -2.57. The van der Waals surface area contributed by atoms with Gasteiger partial charge in [0.1, 0.15) is 40.1 Å². The smallest absolute Gasteiger partial charge is 0.216 e. The minimum atomic E-state index is -3.27. The second-order valence-corrected chi connectivity index (χ2v) is 10.5. The van der Waals surface area contributed by atoms with Gasteiger partial charge in [0.15, 0.2) is 11.6 Å². The SMILES string of the molecule is CC#Cc1cc(N(C)C)c2c(c1O)C(O)=C1C(=O)[C@]3(O)C(O)=C(C(C)=O)C(=O)[C@@H](N(C)C)[C@]3(O)C[C@]1(O)C2. The quantitative estimate of drug-likeness (QED) is 0.226. The summed E-state index contributed by atoms with van der Waals surface area (Å²) in [6, 6.07) is -0.174. The van der Waals surface area contributed by atoms with Crippen LogP contribution < -0.4 is 4.90 Å². The van der Waals surface area contributed by atoms with Crippen molar-refractivity contribution in [2.24, 2.45) is 0 Å². The van der Waals surface area contributed by atoms with Crippen molar-refractivity contribution in [3.63, 3.8) is 0 Å². The van der Waals surface area contributed by atoms with E-state index in [1.54, 1.807) is 32.0 Å². The summed E-state index contributed by atoms with van der Waals surface area (Å²) < 4.78 is 0. The van der Waals surface area contributed by atoms with Crippen molar-refractivity contribution in [1.82, 2.24) is 4.90 Å². The summed E-state index contributed by atoms with van der Waals surface area (Å²) in [5.74, 6) is -0.848. The van der Waals surface area contributed by atoms with E-state index in [-0.39, 0.29) is 16.7 Å². The highest BCUT2D eigenvalue weighted by molar-refractivity contribution is 6.26. The number of phenols is 1. The average molecular weight is 527 g/mol. The van der Waals surface area contributed by atoms with Crippen LogP contribution >= 0.6 is 0 Å². The topological polar surface area (TPSA) is 179 Å². The predicted molar refractivity (Wildman–Crippen MR) is 136 cm³/mol. The molecule has 0 radical (unpaired) electrons. The maximum absolute atomic E-state index is 14.0. The first kappa shape index (κ1) is 27.3. The number of phenolic OH excluding ortho intramolecular Hbond substituents is 1. The number of aliphatic hydroxyl groups is 5. The van der Waals surface area contributed by atoms with Crippen molar-refractivity contribution in [2.45, 2.75) is 49.5 Å². The fourth-order valence-electron chi connectivity index (χ4n) is 6.17. The third-order valence-corrected chi connectivity index (χ3v) is 7.67. The van der Waals surface area contributed by atoms with E-state index in [0.29, 0.717) is 5.69 Å². The maximum atomic E-state index is 14.0. The van der Waals surface area contributed by atoms with Gasteiger partial charge in [0.2, 0.25) is 11.4 Å². The first-order valence-corrected chi connectivity index (χ1v) is 11.8. The average Bonchev–Trinajstić information content (AvgIpc) is 2.77. The molecule has 1 fully saturated rings. The minimum Gasteiger partial charge on any atom is -0.508 e. The highest BCUT2D eigenvalue weighted by atomic mass is 16.4. The molecule has 0 bridgehead atoms. The van der Waals surface area contributed by atoms with Gasteiger partial charge in [-0.3, -0.25) is 19.3 Å². The Morgan fingerprint density at radius 2 is 1.68 bits per heavy atom. The lowest BCUT2D eigenvalue weighted by atomic mass is 9.53. The summed E-state index contributed by atoms with van der Waals surface area (Å²) in [4.78, 5) is 42.4. The van der Waals surface area contributed by atoms with Gasteiger partial charge >= 0.3 is 0 Å². The highest BCUT2D eigenvalue weighted by Gasteiger charge is 2.75. The van der Waals surface area contributed by atoms with Crippen LogP contribution in [0.4, 0.5) is 5.69 Å². The summed E-state index contributed by atoms with van der Waals surface area (Å²) >= 11 is 0. The molecule has 0 aliphatic heterocycles. The van der Waals surface area contributed by atoms with Crippen LogP contribution in [-0.4, -0.2) is 104 Å². The van der Waals surface area contributed by atoms with Gasteiger partial charge in [0.05, 0.1) is 16.7 Å². The molecule has 38 heavy (non-hydrogen) atoms. The second kappa shape index (κ2) is 8.41. The molecule has 0 unspecified atom stereocenters. The number of aromatic hydroxyl groups is 1. The van der Waals surface area contributed by atoms with Gasteiger partial charge < -0.3 is 35.5 Å². The van der Waals surface area contributed by atoms with Crippen LogP contribution in [0, 0.1) is 11.8 Å². The van der Waals surface area contributed by atoms with Crippen molar-refractivity contribution in [3.05, 3.63) is 39.7 Å². The number of likely N-dealkylation sites (N-methyl/N-ethyl adjacent to an activating group) is 1. The molecular formula is C27H30N2O9. The standard InChI is InChI=1S/C27H30N2O9/c1-7-8-13-9-15(28(3)4)14-10-25(36)11-26(37)22(29(5)6)21(33)16(12(2)30)23(34)27(26,38)24(35)18(25)20(32)17(14)19(13)31/h9,22,31-32,34,36-38H,10-11H2,1-6H3/t22-,25-,26-,27-/m1/s1. The molecule has 0 heterocycles. The number of carbonyl (C=O) groups excluding carboxylic acids is 3. The lowest BCUT2D eigenvalue weighted by molar-refractivity contribution is -0.216. The fourth-order valence-corrected chi connectivity index (χ4v) is 6.17. The number of hydrogen-bond donors (Lipinski definition) is 6. The van der Waals surface area contributed by atoms with Crippen LogP contribution in [0.5, 0.6) is 5.75 Å². The number of carbonyl (C=O) groups is 3. The van der Waals surface area contributed by atoms with E-state index in [9.17, 15) is 45.0 Å². The molecule has 0 spiro atoms. The summed E-state index contributed by atoms with van der Waals surface area (Å²) in [6.07, 6.45) is -1.29. The number of anilines is 1. The molecule has 11 heteroatoms. The summed E-state index contributed by atoms with van der Waals surface area (Å²) in [5.41, 5.74) is -9.47. The molecule has 0 aromatic heterocycles. The minimum absolute atomic E-state index is 0.128. The van der Waals surface area contributed by atoms with E-state index >= 15 is 0 Å². The van der Waals surface area contributed by atoms with Gasteiger partial charge in [-0.05, 0) is 39.6 Å². The Bertz CT molecular complexity index is 1440. The molecule has 4 atom stereocenters. The van der Waals surface area contributed by atoms with Crippen molar-refractivity contribution < 1.29 is 45.0 Å². The van der Waals surface area contributed by atoms with Crippen LogP contribution in [0.25, 0.3) is 5.76 Å². The fraction of sp³-hybridized carbons (Fsp3) is 0.444. The summed E-state index contributed by atoms with van der Waals surface area (Å²) in [5, 5.41) is 68.9. The van der Waals surface area contributed by atoms with Crippen LogP contribution in [-0.2, 0) is 20.8 Å². The van der Waals surface area contributed by atoms with Crippen LogP contribution in [0.15, 0.2) is 23.0 Å². The van der Waals surface area contributed by atoms with E-state index in [2.05, 4.69) is 11.8 Å². The molecule has 11 nitrogen and oxygen atoms in total. The Morgan fingerprint density at radius 1 is 1.08 bits per heavy atom. The number of nitrogens with zero attached hydrogens (tertiary/aromatic N) is 2. The van der Waals surface area contributed by atoms with Crippen LogP contribution in [0.2, 0.25) is 0 Å². The van der Waals surface area contributed by atoms with Crippen molar-refractivity contribution >= 4 is 28.8 Å². The van der Waals surface area contributed by atoms with Gasteiger partial charge in [0, 0.05) is 32.6 Å². The van der Waals surface area contributed by atoms with Crippen LogP contribution in [0.1, 0.15) is 37.0 Å². The lowest BCUT2D eigenvalue weighted by Crippen LogP contribution is -2.79. The van der Waals surface area contributed by atoms with E-state index in [1.807, 2.05) is 0 Å². The number of Topliss-reactive ketones (excluding diaryl/α,β-unsaturated/α-hetero) is 3. The number of aliphatic hydroxyl groups excluding tert-OH is 2. The third-order valence-electron chi connectivity index (χ3n) is 7.67. The molecule has 0 amide bonds. The summed E-state index contributed by atoms with van der Waals surface area (Å²) in [6.45, 7) is 2.50. The molecule has 3 aliphatic carbocycles. The normalized spacial score (nSPS) is 30.4. The van der Waals surface area contributed by atoms with Gasteiger partial charge in [-0.25, -0.2) is 0 Å². The van der Waals surface area contributed by atoms with Gasteiger partial charge in [0.25, 0.3) is 0 Å². The van der Waals surface area contributed by atoms with Crippen molar-refractivity contribution in [2.75, 3.05) is 33.1 Å². The first-order chi connectivity index (χ1) is 17.5. The Morgan fingerprint density at radius 3 is 2.18 bits per heavy atom. The van der Waals surface area contributed by atoms with E-state index < -0.39 is 81.5 Å². The maximum Gasteiger partial charge on any atom is 0.216 e. The predicted octanol–water partition coefficient (Wildman–Crippen LogP) is -0.265. The molecule has 0 saturated heterocycles. The van der Waals surface area contributed by atoms with E-state index in [1.165, 1.54) is 19.0 Å². The monoisotopic (exact) mass is 526 g/mol. The number of benzene rings is 1. The second-order valence-electron chi connectivity index (χ2n) is 10.5. The van der Waals surface area contributed by atoms with Crippen LogP contribution in [0.3, 0.4) is 0 Å². The summed E-state index contributed by atoms with van der Waals surface area (Å²) in [7, 11) is 6.10. The molecule has 6 N–H and O–H groups in total. The molecular weight excluding hydrogens is 496 g/mol. The zero-order chi connectivity index (χ0) is 28.7. The molecule has 1 saturated carbocycles. The van der Waals surface area contributed by atoms with Gasteiger partial charge in [-0.1, -0.05) is 5.92 Å². The zero-order valence-corrected chi connectivity index (χ0v) is 21.9.